The summed E-state index contributed by atoms with van der Waals surface area (Å²) in [6.45, 7) is 3.53. The van der Waals surface area contributed by atoms with Crippen molar-refractivity contribution in [3.8, 4) is 5.75 Å². The van der Waals surface area contributed by atoms with Crippen LogP contribution in [-0.2, 0) is 4.79 Å². The molecule has 0 aliphatic carbocycles. The maximum absolute atomic E-state index is 10.3. The highest BCUT2D eigenvalue weighted by Crippen LogP contribution is 2.19. The quantitative estimate of drug-likeness (QED) is 0.466. The third-order valence-electron chi connectivity index (χ3n) is 3.34. The third kappa shape index (κ3) is 5.89. The van der Waals surface area contributed by atoms with Crippen LogP contribution < -0.4 is 20.6 Å². The highest BCUT2D eigenvalue weighted by atomic mass is 32.1. The minimum absolute atomic E-state index is 0.391. The van der Waals surface area contributed by atoms with Crippen LogP contribution in [0.25, 0.3) is 0 Å². The van der Waals surface area contributed by atoms with E-state index in [-0.39, 0.29) is 0 Å². The summed E-state index contributed by atoms with van der Waals surface area (Å²) in [7, 11) is 0. The molecule has 0 spiro atoms. The fourth-order valence-electron chi connectivity index (χ4n) is 2.11. The topological polar surface area (TPSA) is 85.8 Å². The Morgan fingerprint density at radius 2 is 1.84 bits per heavy atom. The van der Waals surface area contributed by atoms with E-state index in [1.807, 2.05) is 32.0 Å². The number of para-hydroxylation sites is 1. The number of ether oxygens (including phenoxy) is 1. The van der Waals surface area contributed by atoms with Crippen molar-refractivity contribution in [2.24, 2.45) is 5.10 Å². The van der Waals surface area contributed by atoms with E-state index >= 15 is 0 Å². The molecule has 0 fully saturated rings. The number of nitrogens with zero attached hydrogens (tertiary/aromatic N) is 1. The van der Waals surface area contributed by atoms with E-state index in [2.05, 4.69) is 15.8 Å². The average molecular weight is 356 g/mol. The van der Waals surface area contributed by atoms with Crippen LogP contribution in [0.5, 0.6) is 5.75 Å². The largest absolute Gasteiger partial charge is 0.546 e. The van der Waals surface area contributed by atoms with Gasteiger partial charge in [0.1, 0.15) is 12.4 Å². The Morgan fingerprint density at radius 1 is 1.20 bits per heavy atom. The lowest BCUT2D eigenvalue weighted by atomic mass is 10.1. The van der Waals surface area contributed by atoms with Gasteiger partial charge in [-0.15, -0.1) is 0 Å². The zero-order valence-corrected chi connectivity index (χ0v) is 14.7. The number of rotatable bonds is 6. The molecule has 2 aromatic carbocycles. The van der Waals surface area contributed by atoms with E-state index in [9.17, 15) is 9.90 Å². The van der Waals surface area contributed by atoms with Crippen LogP contribution in [0, 0.1) is 13.8 Å². The van der Waals surface area contributed by atoms with Gasteiger partial charge < -0.3 is 20.0 Å². The molecule has 0 saturated carbocycles. The van der Waals surface area contributed by atoms with Crippen molar-refractivity contribution in [3.05, 3.63) is 59.2 Å². The lowest BCUT2D eigenvalue weighted by Crippen LogP contribution is -2.28. The van der Waals surface area contributed by atoms with Crippen LogP contribution in [0.1, 0.15) is 16.7 Å². The van der Waals surface area contributed by atoms with Crippen molar-refractivity contribution in [1.29, 1.82) is 0 Å². The number of hydrazone groups is 1. The Labute approximate surface area is 151 Å². The highest BCUT2D eigenvalue weighted by Gasteiger charge is 2.03. The van der Waals surface area contributed by atoms with Gasteiger partial charge in [-0.3, -0.25) is 5.43 Å². The van der Waals surface area contributed by atoms with Crippen molar-refractivity contribution in [2.75, 3.05) is 11.9 Å². The second kappa shape index (κ2) is 8.79. The van der Waals surface area contributed by atoms with Crippen LogP contribution in [0.4, 0.5) is 5.69 Å². The zero-order valence-electron chi connectivity index (χ0n) is 13.9. The molecule has 0 saturated heterocycles. The molecular weight excluding hydrogens is 338 g/mol. The Kier molecular flexibility index (Phi) is 6.47. The molecule has 0 atom stereocenters. The summed E-state index contributed by atoms with van der Waals surface area (Å²) in [5.74, 6) is -0.818. The molecule has 0 aliphatic rings. The van der Waals surface area contributed by atoms with Gasteiger partial charge in [0.2, 0.25) is 0 Å². The Balaban J connectivity index is 1.88. The maximum Gasteiger partial charge on any atom is 0.191 e. The minimum Gasteiger partial charge on any atom is -0.546 e. The van der Waals surface area contributed by atoms with Crippen molar-refractivity contribution in [1.82, 2.24) is 5.43 Å². The number of carboxylic acids is 1. The highest BCUT2D eigenvalue weighted by molar-refractivity contribution is 7.80. The number of aryl methyl sites for hydroxylation is 2. The Morgan fingerprint density at radius 3 is 2.44 bits per heavy atom. The first-order chi connectivity index (χ1) is 12.0. The molecule has 130 valence electrons. The molecule has 0 aliphatic heterocycles. The van der Waals surface area contributed by atoms with Gasteiger partial charge in [0.05, 0.1) is 12.2 Å². The van der Waals surface area contributed by atoms with Crippen molar-refractivity contribution >= 4 is 35.2 Å². The fraction of sp³-hybridized carbons (Fsp3) is 0.167. The predicted molar refractivity (Wildman–Crippen MR) is 99.8 cm³/mol. The number of anilines is 1. The van der Waals surface area contributed by atoms with Gasteiger partial charge in [-0.2, -0.15) is 5.10 Å². The van der Waals surface area contributed by atoms with E-state index in [0.717, 1.165) is 22.4 Å². The number of aliphatic carboxylic acids is 1. The van der Waals surface area contributed by atoms with Gasteiger partial charge in [0.25, 0.3) is 0 Å². The van der Waals surface area contributed by atoms with Crippen molar-refractivity contribution in [3.63, 3.8) is 0 Å². The van der Waals surface area contributed by atoms with Crippen molar-refractivity contribution < 1.29 is 14.6 Å². The van der Waals surface area contributed by atoms with Crippen LogP contribution in [0.3, 0.4) is 0 Å². The number of hydrogen-bond acceptors (Lipinski definition) is 5. The van der Waals surface area contributed by atoms with Gasteiger partial charge in [-0.25, -0.2) is 0 Å². The fourth-order valence-corrected chi connectivity index (χ4v) is 2.27. The van der Waals surface area contributed by atoms with E-state index < -0.39 is 12.6 Å². The smallest absolute Gasteiger partial charge is 0.191 e. The van der Waals surface area contributed by atoms with E-state index in [4.69, 9.17) is 17.0 Å². The van der Waals surface area contributed by atoms with E-state index in [0.29, 0.717) is 10.9 Å². The van der Waals surface area contributed by atoms with Crippen LogP contribution >= 0.6 is 12.2 Å². The normalized spacial score (nSPS) is 10.5. The molecule has 0 aromatic heterocycles. The number of benzene rings is 2. The van der Waals surface area contributed by atoms with E-state index in [1.54, 1.807) is 30.5 Å². The molecule has 6 nitrogen and oxygen atoms in total. The summed E-state index contributed by atoms with van der Waals surface area (Å²) in [6, 6.07) is 12.8. The lowest BCUT2D eigenvalue weighted by Gasteiger charge is -2.12. The van der Waals surface area contributed by atoms with Crippen LogP contribution in [0.15, 0.2) is 47.6 Å². The summed E-state index contributed by atoms with van der Waals surface area (Å²) in [5.41, 5.74) is 6.73. The number of thiocarbonyl (C=S) groups is 1. The predicted octanol–water partition coefficient (Wildman–Crippen LogP) is 1.75. The summed E-state index contributed by atoms with van der Waals surface area (Å²) in [4.78, 5) is 10.3. The molecule has 0 bridgehead atoms. The molecule has 2 aromatic rings. The Hall–Kier alpha value is -2.93. The maximum atomic E-state index is 10.3. The molecule has 0 radical (unpaired) electrons. The summed E-state index contributed by atoms with van der Waals surface area (Å²) in [5, 5.41) is 17.9. The SMILES string of the molecule is Cc1cccc(C)c1NC(=S)N/N=C\c1ccc(OCC(=O)[O-])cc1. The molecule has 0 unspecified atom stereocenters. The minimum atomic E-state index is -1.26. The number of hydrogen-bond donors (Lipinski definition) is 2. The number of nitrogens with one attached hydrogen (secondary N) is 2. The lowest BCUT2D eigenvalue weighted by molar-refractivity contribution is -0.307. The number of carbonyl (C=O) groups excluding carboxylic acids is 1. The molecule has 2 rings (SSSR count). The van der Waals surface area contributed by atoms with Gasteiger partial charge in [-0.1, -0.05) is 18.2 Å². The monoisotopic (exact) mass is 356 g/mol. The van der Waals surface area contributed by atoms with Gasteiger partial charge >= 0.3 is 0 Å². The molecule has 2 N–H and O–H groups in total. The second-order valence-electron chi connectivity index (χ2n) is 5.32. The van der Waals surface area contributed by atoms with Crippen LogP contribution in [0.2, 0.25) is 0 Å². The number of carbonyl (C=O) groups is 1. The first-order valence-corrected chi connectivity index (χ1v) is 7.95. The molecular formula is C18H18N3O3S-. The summed E-state index contributed by atoms with van der Waals surface area (Å²) < 4.78 is 5.00. The van der Waals surface area contributed by atoms with Gasteiger partial charge in [0.15, 0.2) is 5.11 Å². The third-order valence-corrected chi connectivity index (χ3v) is 3.53. The summed E-state index contributed by atoms with van der Waals surface area (Å²) >= 11 is 5.23. The van der Waals surface area contributed by atoms with E-state index in [1.165, 1.54) is 0 Å². The Bertz CT molecular complexity index is 768. The first-order valence-electron chi connectivity index (χ1n) is 7.54. The number of carboxylic acid groups (broad SMARTS) is 1. The average Bonchev–Trinajstić information content (AvgIpc) is 2.57. The van der Waals surface area contributed by atoms with Crippen LogP contribution in [-0.4, -0.2) is 23.9 Å². The zero-order chi connectivity index (χ0) is 18.2. The van der Waals surface area contributed by atoms with Gasteiger partial charge in [-0.05, 0) is 67.0 Å². The summed E-state index contributed by atoms with van der Waals surface area (Å²) in [6.07, 6.45) is 1.60. The molecule has 7 heteroatoms. The molecule has 25 heavy (non-hydrogen) atoms. The molecule has 0 heterocycles. The first kappa shape index (κ1) is 18.4. The standard InChI is InChI=1S/C18H19N3O3S/c1-12-4-3-5-13(2)17(12)20-18(25)21-19-10-14-6-8-15(9-7-14)24-11-16(22)23/h3-10H,11H2,1-2H3,(H,22,23)(H2,20,21,25)/p-1/b19-10-. The molecule has 0 amide bonds. The van der Waals surface area contributed by atoms with Crippen molar-refractivity contribution in [2.45, 2.75) is 13.8 Å². The van der Waals surface area contributed by atoms with Gasteiger partial charge in [0, 0.05) is 5.69 Å². The second-order valence-corrected chi connectivity index (χ2v) is 5.73.